The molecule has 0 saturated heterocycles. The van der Waals surface area contributed by atoms with E-state index in [1.807, 2.05) is 0 Å². The molecule has 4 heteroatoms. The van der Waals surface area contributed by atoms with E-state index in [0.717, 1.165) is 0 Å². The fourth-order valence-electron chi connectivity index (χ4n) is 0.0577. The van der Waals surface area contributed by atoms with Crippen LogP contribution in [0.2, 0.25) is 0 Å². The van der Waals surface area contributed by atoms with Gasteiger partial charge in [0.05, 0.1) is 13.2 Å². The van der Waals surface area contributed by atoms with Gasteiger partial charge in [-0.05, 0) is 0 Å². The molecule has 0 amide bonds. The fourth-order valence-corrected chi connectivity index (χ4v) is 0.0577. The van der Waals surface area contributed by atoms with Crippen LogP contribution in [0.1, 0.15) is 0 Å². The third-order valence-electron chi connectivity index (χ3n) is 0.421. The molecule has 0 aromatic heterocycles. The van der Waals surface area contributed by atoms with E-state index in [2.05, 4.69) is 0 Å². The second-order valence-corrected chi connectivity index (χ2v) is 1.02. The largest absolute Gasteiger partial charge is 2.00 e. The average molecular weight is 148 g/mol. The molecule has 7 heavy (non-hydrogen) atoms. The minimum absolute atomic E-state index is 0. The van der Waals surface area contributed by atoms with Crippen molar-refractivity contribution in [3.63, 3.8) is 0 Å². The van der Waals surface area contributed by atoms with Gasteiger partial charge in [0.15, 0.2) is 0 Å². The maximum atomic E-state index is 8.17. The summed E-state index contributed by atoms with van der Waals surface area (Å²) < 4.78 is 0. The van der Waals surface area contributed by atoms with Crippen LogP contribution in [0.15, 0.2) is 0 Å². The SMILES string of the molecule is OCC(O)CO.[Fe+2]. The maximum absolute atomic E-state index is 8.17. The van der Waals surface area contributed by atoms with Gasteiger partial charge in [-0.2, -0.15) is 0 Å². The molecule has 0 fully saturated rings. The van der Waals surface area contributed by atoms with Crippen LogP contribution < -0.4 is 0 Å². The number of aliphatic hydroxyl groups excluding tert-OH is 3. The van der Waals surface area contributed by atoms with Gasteiger partial charge in [0.1, 0.15) is 6.10 Å². The molecule has 0 aliphatic heterocycles. The maximum Gasteiger partial charge on any atom is 2.00 e. The number of hydrogen-bond donors (Lipinski definition) is 3. The molecule has 0 saturated carbocycles. The molecule has 0 rings (SSSR count). The minimum atomic E-state index is -0.954. The van der Waals surface area contributed by atoms with Crippen molar-refractivity contribution in [2.75, 3.05) is 13.2 Å². The molecule has 0 aliphatic carbocycles. The zero-order valence-corrected chi connectivity index (χ0v) is 4.79. The van der Waals surface area contributed by atoms with Crippen molar-refractivity contribution >= 4 is 0 Å². The first-order chi connectivity index (χ1) is 2.81. The Hall–Kier alpha value is 0.399. The van der Waals surface area contributed by atoms with Gasteiger partial charge in [-0.1, -0.05) is 0 Å². The molecule has 0 unspecified atom stereocenters. The van der Waals surface area contributed by atoms with Crippen molar-refractivity contribution in [1.29, 1.82) is 0 Å². The molecule has 0 aliphatic rings. The molecule has 0 spiro atoms. The summed E-state index contributed by atoms with van der Waals surface area (Å²) in [6.45, 7) is -0.729. The Morgan fingerprint density at radius 1 is 1.14 bits per heavy atom. The second-order valence-electron chi connectivity index (χ2n) is 1.02. The summed E-state index contributed by atoms with van der Waals surface area (Å²) in [4.78, 5) is 0. The first kappa shape index (κ1) is 10.4. The molecular weight excluding hydrogens is 140 g/mol. The normalized spacial score (nSPS) is 8.57. The van der Waals surface area contributed by atoms with Gasteiger partial charge >= 0.3 is 17.1 Å². The van der Waals surface area contributed by atoms with Gasteiger partial charge in [0.2, 0.25) is 0 Å². The van der Waals surface area contributed by atoms with E-state index in [-0.39, 0.29) is 30.3 Å². The summed E-state index contributed by atoms with van der Waals surface area (Å²) in [7, 11) is 0. The van der Waals surface area contributed by atoms with Crippen molar-refractivity contribution in [3.8, 4) is 0 Å². The summed E-state index contributed by atoms with van der Waals surface area (Å²) >= 11 is 0. The van der Waals surface area contributed by atoms with E-state index >= 15 is 0 Å². The quantitative estimate of drug-likeness (QED) is 0.410. The molecule has 0 radical (unpaired) electrons. The Bertz CT molecular complexity index is 29.4. The molecule has 0 aromatic rings. The van der Waals surface area contributed by atoms with E-state index in [1.54, 1.807) is 0 Å². The van der Waals surface area contributed by atoms with E-state index in [1.165, 1.54) is 0 Å². The third kappa shape index (κ3) is 6.40. The Morgan fingerprint density at radius 3 is 1.43 bits per heavy atom. The third-order valence-corrected chi connectivity index (χ3v) is 0.421. The van der Waals surface area contributed by atoms with Crippen LogP contribution in [0, 0.1) is 0 Å². The molecular formula is C3H8FeO3+2. The van der Waals surface area contributed by atoms with Gasteiger partial charge in [-0.25, -0.2) is 0 Å². The number of hydrogen-bond acceptors (Lipinski definition) is 3. The fraction of sp³-hybridized carbons (Fsp3) is 1.00. The van der Waals surface area contributed by atoms with Gasteiger partial charge in [0.25, 0.3) is 0 Å². The predicted octanol–water partition coefficient (Wildman–Crippen LogP) is -1.67. The van der Waals surface area contributed by atoms with Crippen molar-refractivity contribution in [2.24, 2.45) is 0 Å². The zero-order chi connectivity index (χ0) is 4.99. The number of aliphatic hydroxyl groups is 3. The van der Waals surface area contributed by atoms with Gasteiger partial charge in [-0.15, -0.1) is 0 Å². The topological polar surface area (TPSA) is 60.7 Å². The number of rotatable bonds is 2. The van der Waals surface area contributed by atoms with Crippen LogP contribution in [0.25, 0.3) is 0 Å². The van der Waals surface area contributed by atoms with Crippen molar-refractivity contribution in [2.45, 2.75) is 6.10 Å². The zero-order valence-electron chi connectivity index (χ0n) is 3.69. The standard InChI is InChI=1S/C3H8O3.Fe/c4-1-3(6)2-5;/h3-6H,1-2H2;/q;+2. The van der Waals surface area contributed by atoms with Crippen LogP contribution in [-0.2, 0) is 17.1 Å². The van der Waals surface area contributed by atoms with Crippen LogP contribution in [-0.4, -0.2) is 34.6 Å². The van der Waals surface area contributed by atoms with Gasteiger partial charge < -0.3 is 15.3 Å². The van der Waals surface area contributed by atoms with Crippen molar-refractivity contribution < 1.29 is 32.4 Å². The summed E-state index contributed by atoms with van der Waals surface area (Å²) in [5.41, 5.74) is 0. The summed E-state index contributed by atoms with van der Waals surface area (Å²) in [5, 5.41) is 24.0. The molecule has 0 bridgehead atoms. The van der Waals surface area contributed by atoms with Gasteiger partial charge in [-0.3, -0.25) is 0 Å². The van der Waals surface area contributed by atoms with Crippen molar-refractivity contribution in [3.05, 3.63) is 0 Å². The summed E-state index contributed by atoms with van der Waals surface area (Å²) in [6, 6.07) is 0. The van der Waals surface area contributed by atoms with Crippen LogP contribution >= 0.6 is 0 Å². The second kappa shape index (κ2) is 6.40. The van der Waals surface area contributed by atoms with Crippen molar-refractivity contribution in [1.82, 2.24) is 0 Å². The van der Waals surface area contributed by atoms with Gasteiger partial charge in [0, 0.05) is 0 Å². The van der Waals surface area contributed by atoms with E-state index < -0.39 is 6.10 Å². The Kier molecular flexibility index (Phi) is 9.50. The van der Waals surface area contributed by atoms with Crippen LogP contribution in [0.5, 0.6) is 0 Å². The monoisotopic (exact) mass is 148 g/mol. The first-order valence-electron chi connectivity index (χ1n) is 1.71. The van der Waals surface area contributed by atoms with E-state index in [9.17, 15) is 0 Å². The Labute approximate surface area is 52.4 Å². The molecule has 44 valence electrons. The molecule has 3 N–H and O–H groups in total. The first-order valence-corrected chi connectivity index (χ1v) is 1.71. The molecule has 3 nitrogen and oxygen atoms in total. The smallest absolute Gasteiger partial charge is 0.394 e. The van der Waals surface area contributed by atoms with Crippen LogP contribution in [0.4, 0.5) is 0 Å². The molecule has 0 atom stereocenters. The van der Waals surface area contributed by atoms with E-state index in [4.69, 9.17) is 15.3 Å². The summed E-state index contributed by atoms with van der Waals surface area (Å²) in [5.74, 6) is 0. The molecule has 0 heterocycles. The van der Waals surface area contributed by atoms with Crippen LogP contribution in [0.3, 0.4) is 0 Å². The summed E-state index contributed by atoms with van der Waals surface area (Å²) in [6.07, 6.45) is -0.954. The average Bonchev–Trinajstić information content (AvgIpc) is 1.65. The Balaban J connectivity index is 0. The minimum Gasteiger partial charge on any atom is -0.394 e. The predicted molar refractivity (Wildman–Crippen MR) is 20.2 cm³/mol. The molecule has 0 aromatic carbocycles. The van der Waals surface area contributed by atoms with E-state index in [0.29, 0.717) is 0 Å². The Morgan fingerprint density at radius 2 is 1.43 bits per heavy atom.